The highest BCUT2D eigenvalue weighted by Crippen LogP contribution is 2.49. The normalized spacial score (nSPS) is 21.8. The summed E-state index contributed by atoms with van der Waals surface area (Å²) in [7, 11) is -2.60. The van der Waals surface area contributed by atoms with Gasteiger partial charge in [-0.3, -0.25) is 0 Å². The van der Waals surface area contributed by atoms with Crippen molar-refractivity contribution < 1.29 is 0 Å². The molecule has 0 amide bonds. The second-order valence-corrected chi connectivity index (χ2v) is 18.9. The number of fused-ring (bicyclic) bond motifs is 1. The molecule has 116 valence electrons. The molecule has 0 saturated carbocycles. The Labute approximate surface area is 137 Å². The molecular weight excluding hydrogens is 296 g/mol. The van der Waals surface area contributed by atoms with Crippen LogP contribution in [0, 0.1) is 5.92 Å². The molecule has 1 aromatic carbocycles. The number of allylic oxidation sites excluding steroid dienone is 5. The van der Waals surface area contributed by atoms with Crippen molar-refractivity contribution in [1.29, 1.82) is 0 Å². The van der Waals surface area contributed by atoms with Gasteiger partial charge in [-0.1, -0.05) is 98.2 Å². The van der Waals surface area contributed by atoms with E-state index in [4.69, 9.17) is 0 Å². The maximum atomic E-state index is 2.50. The molecule has 0 aromatic heterocycles. The van der Waals surface area contributed by atoms with Gasteiger partial charge in [0, 0.05) is 11.8 Å². The van der Waals surface area contributed by atoms with Crippen molar-refractivity contribution in [1.82, 2.24) is 0 Å². The summed E-state index contributed by atoms with van der Waals surface area (Å²) in [6, 6.07) is 8.95. The van der Waals surface area contributed by atoms with Crippen molar-refractivity contribution in [2.75, 3.05) is 0 Å². The Morgan fingerprint density at radius 2 is 1.32 bits per heavy atom. The van der Waals surface area contributed by atoms with Gasteiger partial charge in [0.25, 0.3) is 0 Å². The third-order valence-corrected chi connectivity index (χ3v) is 9.46. The Balaban J connectivity index is 2.07. The Morgan fingerprint density at radius 1 is 0.773 bits per heavy atom. The molecule has 0 heterocycles. The second-order valence-electron chi connectivity index (χ2n) is 8.74. The molecule has 0 bridgehead atoms. The fraction of sp³-hybridized carbons (Fsp3) is 0.400. The van der Waals surface area contributed by atoms with Gasteiger partial charge in [0.15, 0.2) is 0 Å². The summed E-state index contributed by atoms with van der Waals surface area (Å²) in [5.74, 6) is 1.17. The van der Waals surface area contributed by atoms with Crippen LogP contribution in [0.2, 0.25) is 39.3 Å². The van der Waals surface area contributed by atoms with Crippen LogP contribution in [0.4, 0.5) is 0 Å². The van der Waals surface area contributed by atoms with Gasteiger partial charge in [-0.2, -0.15) is 0 Å². The zero-order chi connectivity index (χ0) is 16.1. The second kappa shape index (κ2) is 5.21. The molecule has 3 rings (SSSR count). The van der Waals surface area contributed by atoms with Crippen LogP contribution in [0.25, 0.3) is 6.08 Å². The minimum Gasteiger partial charge on any atom is -0.0755 e. The number of hydrogen-bond donors (Lipinski definition) is 0. The quantitative estimate of drug-likeness (QED) is 0.595. The SMILES string of the molecule is C[Si](C)(C)C1=CC=C([Si](C)(C)C)C1C1C=Cc2ccccc21. The van der Waals surface area contributed by atoms with Gasteiger partial charge in [0.05, 0.1) is 16.1 Å². The van der Waals surface area contributed by atoms with E-state index in [1.165, 1.54) is 11.1 Å². The van der Waals surface area contributed by atoms with E-state index in [1.807, 2.05) is 0 Å². The third kappa shape index (κ3) is 2.63. The Bertz CT molecular complexity index is 648. The van der Waals surface area contributed by atoms with Gasteiger partial charge in [0.1, 0.15) is 0 Å². The average molecular weight is 325 g/mol. The van der Waals surface area contributed by atoms with Gasteiger partial charge in [-0.05, 0) is 11.1 Å². The van der Waals surface area contributed by atoms with E-state index < -0.39 is 16.1 Å². The van der Waals surface area contributed by atoms with E-state index in [1.54, 1.807) is 10.4 Å². The van der Waals surface area contributed by atoms with Crippen molar-refractivity contribution >= 4 is 22.2 Å². The largest absolute Gasteiger partial charge is 0.0755 e. The summed E-state index contributed by atoms with van der Waals surface area (Å²) in [5.41, 5.74) is 2.95. The molecule has 0 saturated heterocycles. The summed E-state index contributed by atoms with van der Waals surface area (Å²) < 4.78 is 0. The van der Waals surface area contributed by atoms with Crippen LogP contribution in [-0.2, 0) is 0 Å². The highest BCUT2D eigenvalue weighted by molar-refractivity contribution is 6.86. The smallest absolute Gasteiger partial charge is 0.0732 e. The van der Waals surface area contributed by atoms with E-state index in [9.17, 15) is 0 Å². The summed E-state index contributed by atoms with van der Waals surface area (Å²) >= 11 is 0. The zero-order valence-corrected chi connectivity index (χ0v) is 16.8. The van der Waals surface area contributed by atoms with Crippen molar-refractivity contribution in [2.45, 2.75) is 45.2 Å². The molecule has 22 heavy (non-hydrogen) atoms. The lowest BCUT2D eigenvalue weighted by atomic mass is 9.88. The molecule has 2 aliphatic carbocycles. The highest BCUT2D eigenvalue weighted by Gasteiger charge is 2.41. The molecule has 0 nitrogen and oxygen atoms in total. The van der Waals surface area contributed by atoms with Gasteiger partial charge >= 0.3 is 0 Å². The van der Waals surface area contributed by atoms with Gasteiger partial charge in [0.2, 0.25) is 0 Å². The lowest BCUT2D eigenvalue weighted by molar-refractivity contribution is 0.691. The van der Waals surface area contributed by atoms with Crippen molar-refractivity contribution in [3.05, 3.63) is 64.0 Å². The molecule has 0 aliphatic heterocycles. The Kier molecular flexibility index (Phi) is 3.73. The van der Waals surface area contributed by atoms with E-state index in [-0.39, 0.29) is 0 Å². The van der Waals surface area contributed by atoms with Crippen LogP contribution in [0.3, 0.4) is 0 Å². The topological polar surface area (TPSA) is 0 Å². The van der Waals surface area contributed by atoms with E-state index in [0.717, 1.165) is 0 Å². The summed E-state index contributed by atoms with van der Waals surface area (Å²) in [6.45, 7) is 15.0. The number of rotatable bonds is 3. The Morgan fingerprint density at radius 3 is 1.86 bits per heavy atom. The molecule has 2 heteroatoms. The first-order valence-electron chi connectivity index (χ1n) is 8.39. The fourth-order valence-corrected chi connectivity index (χ4v) is 7.79. The lowest BCUT2D eigenvalue weighted by Crippen LogP contribution is -2.36. The monoisotopic (exact) mass is 324 g/mol. The summed E-state index contributed by atoms with van der Waals surface area (Å²) in [4.78, 5) is 0. The van der Waals surface area contributed by atoms with Crippen molar-refractivity contribution in [3.8, 4) is 0 Å². The Hall–Kier alpha value is -1.13. The highest BCUT2D eigenvalue weighted by atomic mass is 28.3. The fourth-order valence-electron chi connectivity index (χ4n) is 3.94. The minimum atomic E-state index is -1.30. The van der Waals surface area contributed by atoms with Crippen LogP contribution < -0.4 is 0 Å². The first-order valence-corrected chi connectivity index (χ1v) is 15.4. The lowest BCUT2D eigenvalue weighted by Gasteiger charge is -2.36. The maximum absolute atomic E-state index is 2.50. The zero-order valence-electron chi connectivity index (χ0n) is 14.8. The summed E-state index contributed by atoms with van der Waals surface area (Å²) in [5, 5.41) is 3.49. The van der Waals surface area contributed by atoms with Crippen LogP contribution >= 0.6 is 0 Å². The standard InChI is InChI=1S/C20H28Si2/c1-21(2,3)18-13-14-19(22(4,5)6)20(18)17-12-11-15-9-7-8-10-16(15)17/h7-14,17,20H,1-6H3. The van der Waals surface area contributed by atoms with E-state index in [2.05, 4.69) is 87.9 Å². The molecule has 0 N–H and O–H groups in total. The molecule has 1 unspecified atom stereocenters. The first kappa shape index (κ1) is 15.8. The predicted octanol–water partition coefficient (Wildman–Crippen LogP) is 6.03. The predicted molar refractivity (Wildman–Crippen MR) is 105 cm³/mol. The molecule has 1 atom stereocenters. The molecular formula is C20H28Si2. The summed E-state index contributed by atoms with van der Waals surface area (Å²) in [6.07, 6.45) is 9.77. The van der Waals surface area contributed by atoms with Crippen LogP contribution in [0.5, 0.6) is 0 Å². The van der Waals surface area contributed by atoms with Crippen LogP contribution in [0.1, 0.15) is 17.0 Å². The molecule has 0 radical (unpaired) electrons. The third-order valence-electron chi connectivity index (χ3n) is 5.04. The van der Waals surface area contributed by atoms with Gasteiger partial charge in [-0.15, -0.1) is 0 Å². The molecule has 0 spiro atoms. The maximum Gasteiger partial charge on any atom is 0.0732 e. The van der Waals surface area contributed by atoms with Crippen LogP contribution in [0.15, 0.2) is 52.9 Å². The molecule has 1 aromatic rings. The minimum absolute atomic E-state index is 0.551. The van der Waals surface area contributed by atoms with Crippen LogP contribution in [-0.4, -0.2) is 16.1 Å². The molecule has 2 aliphatic rings. The van der Waals surface area contributed by atoms with E-state index in [0.29, 0.717) is 11.8 Å². The number of benzene rings is 1. The van der Waals surface area contributed by atoms with Gasteiger partial charge in [-0.25, -0.2) is 0 Å². The van der Waals surface area contributed by atoms with E-state index >= 15 is 0 Å². The average Bonchev–Trinajstić information content (AvgIpc) is 3.00. The van der Waals surface area contributed by atoms with Crippen molar-refractivity contribution in [2.24, 2.45) is 5.92 Å². The number of hydrogen-bond acceptors (Lipinski definition) is 0. The first-order chi connectivity index (χ1) is 10.2. The van der Waals surface area contributed by atoms with Crippen molar-refractivity contribution in [3.63, 3.8) is 0 Å². The molecule has 0 fully saturated rings. The van der Waals surface area contributed by atoms with Gasteiger partial charge < -0.3 is 0 Å².